The van der Waals surface area contributed by atoms with Crippen molar-refractivity contribution < 1.29 is 9.21 Å². The first-order chi connectivity index (χ1) is 15.0. The summed E-state index contributed by atoms with van der Waals surface area (Å²) in [6.45, 7) is 4.47. The molecule has 0 N–H and O–H groups in total. The molecule has 0 saturated heterocycles. The van der Waals surface area contributed by atoms with E-state index in [4.69, 9.17) is 4.42 Å². The molecule has 4 aromatic rings. The molecule has 0 aliphatic carbocycles. The van der Waals surface area contributed by atoms with E-state index in [9.17, 15) is 9.59 Å². The van der Waals surface area contributed by atoms with E-state index in [1.165, 1.54) is 0 Å². The molecule has 0 unspecified atom stereocenters. The van der Waals surface area contributed by atoms with Crippen molar-refractivity contribution in [3.63, 3.8) is 0 Å². The molecular weight excluding hydrogens is 386 g/mol. The highest BCUT2D eigenvalue weighted by Crippen LogP contribution is 2.38. The Labute approximate surface area is 180 Å². The summed E-state index contributed by atoms with van der Waals surface area (Å²) >= 11 is 0. The third-order valence-electron chi connectivity index (χ3n) is 6.00. The number of rotatable bonds is 4. The van der Waals surface area contributed by atoms with Crippen LogP contribution in [-0.2, 0) is 6.42 Å². The quantitative estimate of drug-likeness (QED) is 0.466. The van der Waals surface area contributed by atoms with E-state index in [1.807, 2.05) is 68.4 Å². The minimum absolute atomic E-state index is 0.124. The predicted molar refractivity (Wildman–Crippen MR) is 121 cm³/mol. The van der Waals surface area contributed by atoms with Gasteiger partial charge in [0.25, 0.3) is 5.91 Å². The molecule has 0 bridgehead atoms. The lowest BCUT2D eigenvalue weighted by Crippen LogP contribution is -2.31. The number of amides is 1. The fraction of sp³-hybridized carbons (Fsp3) is 0.185. The van der Waals surface area contributed by atoms with E-state index in [-0.39, 0.29) is 17.1 Å². The molecule has 1 aliphatic rings. The second-order valence-corrected chi connectivity index (χ2v) is 8.22. The van der Waals surface area contributed by atoms with Crippen molar-refractivity contribution in [3.05, 3.63) is 117 Å². The summed E-state index contributed by atoms with van der Waals surface area (Å²) in [6, 6.07) is 23.1. The van der Waals surface area contributed by atoms with Gasteiger partial charge in [0.05, 0.1) is 17.0 Å². The SMILES string of the molecule is Cc1ccc([C@H]2c3c(oc4ccc(C)cc4c3=O)C(=O)N2CCc2ccccc2)cc1. The molecule has 1 atom stereocenters. The van der Waals surface area contributed by atoms with E-state index in [0.717, 1.165) is 22.3 Å². The van der Waals surface area contributed by atoms with Gasteiger partial charge in [-0.25, -0.2) is 0 Å². The topological polar surface area (TPSA) is 50.5 Å². The van der Waals surface area contributed by atoms with Gasteiger partial charge >= 0.3 is 0 Å². The van der Waals surface area contributed by atoms with Crippen LogP contribution in [0.5, 0.6) is 0 Å². The highest BCUT2D eigenvalue weighted by molar-refractivity contribution is 5.99. The number of aryl methyl sites for hydroxylation is 2. The molecule has 4 nitrogen and oxygen atoms in total. The third kappa shape index (κ3) is 3.34. The predicted octanol–water partition coefficient (Wildman–Crippen LogP) is 5.20. The number of nitrogens with zero attached hydrogens (tertiary/aromatic N) is 1. The van der Waals surface area contributed by atoms with E-state index in [0.29, 0.717) is 29.5 Å². The maximum Gasteiger partial charge on any atom is 0.290 e. The van der Waals surface area contributed by atoms with Gasteiger partial charge in [-0.3, -0.25) is 9.59 Å². The molecule has 0 saturated carbocycles. The molecule has 1 aliphatic heterocycles. The second kappa shape index (κ2) is 7.55. The summed E-state index contributed by atoms with van der Waals surface area (Å²) in [4.78, 5) is 28.8. The first-order valence-electron chi connectivity index (χ1n) is 10.5. The van der Waals surface area contributed by atoms with Gasteiger partial charge in [0.2, 0.25) is 5.76 Å². The van der Waals surface area contributed by atoms with Crippen molar-refractivity contribution in [2.24, 2.45) is 0 Å². The Hall–Kier alpha value is -3.66. The van der Waals surface area contributed by atoms with E-state index in [2.05, 4.69) is 12.1 Å². The van der Waals surface area contributed by atoms with Crippen LogP contribution in [0.3, 0.4) is 0 Å². The zero-order chi connectivity index (χ0) is 21.5. The van der Waals surface area contributed by atoms with Crippen LogP contribution in [0.4, 0.5) is 0 Å². The smallest absolute Gasteiger partial charge is 0.290 e. The number of carbonyl (C=O) groups excluding carboxylic acids is 1. The molecule has 5 rings (SSSR count). The van der Waals surface area contributed by atoms with Gasteiger partial charge in [-0.2, -0.15) is 0 Å². The number of hydrogen-bond acceptors (Lipinski definition) is 3. The van der Waals surface area contributed by atoms with Crippen molar-refractivity contribution >= 4 is 16.9 Å². The van der Waals surface area contributed by atoms with Gasteiger partial charge < -0.3 is 9.32 Å². The summed E-state index contributed by atoms with van der Waals surface area (Å²) in [6.07, 6.45) is 0.704. The van der Waals surface area contributed by atoms with Crippen LogP contribution >= 0.6 is 0 Å². The minimum Gasteiger partial charge on any atom is -0.450 e. The third-order valence-corrected chi connectivity index (χ3v) is 6.00. The van der Waals surface area contributed by atoms with Crippen LogP contribution in [-0.4, -0.2) is 17.4 Å². The lowest BCUT2D eigenvalue weighted by atomic mass is 9.97. The zero-order valence-corrected chi connectivity index (χ0v) is 17.6. The normalized spacial score (nSPS) is 15.5. The summed E-state index contributed by atoms with van der Waals surface area (Å²) in [5.41, 5.74) is 4.96. The van der Waals surface area contributed by atoms with E-state index < -0.39 is 6.04 Å². The van der Waals surface area contributed by atoms with Crippen LogP contribution in [0, 0.1) is 13.8 Å². The van der Waals surface area contributed by atoms with Gasteiger partial charge in [0.15, 0.2) is 5.43 Å². The Balaban J connectivity index is 1.66. The van der Waals surface area contributed by atoms with Crippen molar-refractivity contribution in [2.45, 2.75) is 26.3 Å². The largest absolute Gasteiger partial charge is 0.450 e. The summed E-state index contributed by atoms with van der Waals surface area (Å²) in [7, 11) is 0. The number of benzene rings is 3. The Morgan fingerprint density at radius 2 is 1.58 bits per heavy atom. The monoisotopic (exact) mass is 409 g/mol. The van der Waals surface area contributed by atoms with Crippen LogP contribution in [0.2, 0.25) is 0 Å². The highest BCUT2D eigenvalue weighted by atomic mass is 16.3. The molecule has 4 heteroatoms. The Morgan fingerprint density at radius 3 is 2.32 bits per heavy atom. The lowest BCUT2D eigenvalue weighted by molar-refractivity contribution is 0.0730. The van der Waals surface area contributed by atoms with Gasteiger partial charge in [0.1, 0.15) is 5.58 Å². The van der Waals surface area contributed by atoms with Crippen molar-refractivity contribution in [1.82, 2.24) is 4.90 Å². The molecule has 31 heavy (non-hydrogen) atoms. The van der Waals surface area contributed by atoms with Crippen LogP contribution in [0.25, 0.3) is 11.0 Å². The maximum atomic E-state index is 13.5. The summed E-state index contributed by atoms with van der Waals surface area (Å²) < 4.78 is 6.02. The zero-order valence-electron chi connectivity index (χ0n) is 17.6. The standard InChI is InChI=1S/C27H23NO3/c1-17-8-11-20(12-9-17)24-23-25(29)21-16-18(2)10-13-22(21)31-26(23)27(30)28(24)15-14-19-6-4-3-5-7-19/h3-13,16,24H,14-15H2,1-2H3/t24-/m0/s1. The van der Waals surface area contributed by atoms with E-state index >= 15 is 0 Å². The van der Waals surface area contributed by atoms with Gasteiger partial charge in [0, 0.05) is 6.54 Å². The molecule has 0 radical (unpaired) electrons. The highest BCUT2D eigenvalue weighted by Gasteiger charge is 2.42. The van der Waals surface area contributed by atoms with Gasteiger partial charge in [-0.05, 0) is 43.5 Å². The minimum atomic E-state index is -0.451. The number of fused-ring (bicyclic) bond motifs is 2. The molecule has 0 fully saturated rings. The summed E-state index contributed by atoms with van der Waals surface area (Å²) in [5.74, 6) is -0.0592. The molecule has 1 amide bonds. The molecule has 154 valence electrons. The maximum absolute atomic E-state index is 13.5. The average Bonchev–Trinajstić information content (AvgIpc) is 3.06. The Bertz CT molecular complexity index is 1340. The molecule has 1 aromatic heterocycles. The Morgan fingerprint density at radius 1 is 0.871 bits per heavy atom. The van der Waals surface area contributed by atoms with Crippen molar-refractivity contribution in [3.8, 4) is 0 Å². The van der Waals surface area contributed by atoms with E-state index in [1.54, 1.807) is 11.0 Å². The van der Waals surface area contributed by atoms with Gasteiger partial charge in [-0.15, -0.1) is 0 Å². The van der Waals surface area contributed by atoms with Crippen LogP contribution in [0.15, 0.2) is 82.0 Å². The van der Waals surface area contributed by atoms with Crippen LogP contribution in [0.1, 0.15) is 44.4 Å². The molecule has 2 heterocycles. The van der Waals surface area contributed by atoms with Crippen LogP contribution < -0.4 is 5.43 Å². The first kappa shape index (κ1) is 19.3. The second-order valence-electron chi connectivity index (χ2n) is 8.22. The summed E-state index contributed by atoms with van der Waals surface area (Å²) in [5, 5.41) is 0.522. The fourth-order valence-electron chi connectivity index (χ4n) is 4.35. The average molecular weight is 409 g/mol. The van der Waals surface area contributed by atoms with Crippen molar-refractivity contribution in [1.29, 1.82) is 0 Å². The van der Waals surface area contributed by atoms with Gasteiger partial charge in [-0.1, -0.05) is 71.8 Å². The van der Waals surface area contributed by atoms with Crippen molar-refractivity contribution in [2.75, 3.05) is 6.54 Å². The lowest BCUT2D eigenvalue weighted by Gasteiger charge is -2.25. The number of carbonyl (C=O) groups is 1. The molecule has 3 aromatic carbocycles. The number of hydrogen-bond donors (Lipinski definition) is 0. The molecular formula is C27H23NO3. The Kier molecular flexibility index (Phi) is 4.70. The first-order valence-corrected chi connectivity index (χ1v) is 10.5. The molecule has 0 spiro atoms. The fourth-order valence-corrected chi connectivity index (χ4v) is 4.35.